The minimum Gasteiger partial charge on any atom is -0.497 e. The number of nitrogens with zero attached hydrogens (tertiary/aromatic N) is 2. The number of likely N-dealkylation sites (N-methyl/N-ethyl adjacent to an activating group) is 1. The normalized spacial score (nSPS) is 24.7. The molecule has 1 heterocycles. The van der Waals surface area contributed by atoms with Crippen LogP contribution in [0.3, 0.4) is 0 Å². The second-order valence-corrected chi connectivity index (χ2v) is 14.1. The molecule has 0 aromatic heterocycles. The zero-order valence-electron chi connectivity index (χ0n) is 32.1. The zero-order valence-corrected chi connectivity index (χ0v) is 32.1. The Hall–Kier alpha value is -4.39. The first-order valence-electron chi connectivity index (χ1n) is 19.3. The molecule has 6 atom stereocenters. The fraction of sp³-hybridized carbons (Fsp3) is 0.548. The molecular weight excluding hydrogens is 690 g/mol. The van der Waals surface area contributed by atoms with Crippen LogP contribution < -0.4 is 19.5 Å². The molecule has 3 aliphatic rings. The number of carbonyl (C=O) groups excluding carboxylic acids is 2. The van der Waals surface area contributed by atoms with E-state index in [4.69, 9.17) is 28.9 Å². The van der Waals surface area contributed by atoms with Crippen LogP contribution in [-0.4, -0.2) is 91.8 Å². The summed E-state index contributed by atoms with van der Waals surface area (Å²) in [6.45, 7) is 8.82. The molecule has 1 aliphatic heterocycles. The average molecular weight is 748 g/mol. The molecule has 2 amide bonds. The minimum atomic E-state index is -1.37. The summed E-state index contributed by atoms with van der Waals surface area (Å²) in [4.78, 5) is 34.4. The van der Waals surface area contributed by atoms with Gasteiger partial charge in [-0.2, -0.15) is 0 Å². The maximum Gasteiger partial charge on any atom is 0.412 e. The number of fused-ring (bicyclic) bond motifs is 2. The number of nitrogens with one attached hydrogen (secondary N) is 1. The Labute approximate surface area is 319 Å². The van der Waals surface area contributed by atoms with E-state index in [1.807, 2.05) is 50.2 Å². The van der Waals surface area contributed by atoms with Crippen molar-refractivity contribution in [2.75, 3.05) is 47.1 Å². The van der Waals surface area contributed by atoms with E-state index >= 15 is 0 Å². The van der Waals surface area contributed by atoms with Crippen molar-refractivity contribution in [2.24, 2.45) is 22.9 Å². The van der Waals surface area contributed by atoms with Gasteiger partial charge in [0.15, 0.2) is 0 Å². The number of oxime groups is 1. The molecule has 5 rings (SSSR count). The van der Waals surface area contributed by atoms with E-state index in [-0.39, 0.29) is 49.9 Å². The van der Waals surface area contributed by atoms with Crippen molar-refractivity contribution < 1.29 is 43.6 Å². The van der Waals surface area contributed by atoms with Gasteiger partial charge in [0.05, 0.1) is 31.8 Å². The Morgan fingerprint density at radius 2 is 1.85 bits per heavy atom. The Morgan fingerprint density at radius 1 is 1.07 bits per heavy atom. The Morgan fingerprint density at radius 3 is 2.56 bits per heavy atom. The number of allylic oxidation sites excluding steroid dienone is 1. The predicted octanol–water partition coefficient (Wildman–Crippen LogP) is 6.16. The third kappa shape index (κ3) is 8.93. The number of benzene rings is 2. The number of hydrogen-bond acceptors (Lipinski definition) is 10. The number of unbranched alkanes of at least 4 members (excludes halogenated alkanes) is 2. The van der Waals surface area contributed by atoms with Crippen LogP contribution in [-0.2, 0) is 20.8 Å². The average Bonchev–Trinajstić information content (AvgIpc) is 3.17. The summed E-state index contributed by atoms with van der Waals surface area (Å²) in [5, 5.41) is 27.0. The SMILES string of the molecule is C=CCO[C@@]12Oc3ccc(OC(=O)NCC)cc3[C@H]3[C@H](CCCCO)[C@@H](CCCCO)C=C(C(=NOCC)C[C@@H]1N(C)C(=O)Cc1cccc(OC)c1)[C@H]32. The highest BCUT2D eigenvalue weighted by Gasteiger charge is 2.65. The summed E-state index contributed by atoms with van der Waals surface area (Å²) < 4.78 is 25.2. The van der Waals surface area contributed by atoms with Crippen molar-refractivity contribution in [1.82, 2.24) is 10.2 Å². The lowest BCUT2D eigenvalue weighted by molar-refractivity contribution is -0.255. The lowest BCUT2D eigenvalue weighted by Gasteiger charge is -2.59. The fourth-order valence-corrected chi connectivity index (χ4v) is 8.48. The lowest BCUT2D eigenvalue weighted by atomic mass is 9.55. The molecule has 294 valence electrons. The Bertz CT molecular complexity index is 1660. The second-order valence-electron chi connectivity index (χ2n) is 14.1. The smallest absolute Gasteiger partial charge is 0.412 e. The monoisotopic (exact) mass is 747 g/mol. The van der Waals surface area contributed by atoms with Gasteiger partial charge in [-0.25, -0.2) is 4.79 Å². The van der Waals surface area contributed by atoms with Gasteiger partial charge >= 0.3 is 6.09 Å². The van der Waals surface area contributed by atoms with Gasteiger partial charge in [0.2, 0.25) is 11.7 Å². The molecule has 12 heteroatoms. The van der Waals surface area contributed by atoms with Crippen molar-refractivity contribution in [1.29, 1.82) is 0 Å². The molecule has 0 unspecified atom stereocenters. The van der Waals surface area contributed by atoms with E-state index < -0.39 is 23.8 Å². The zero-order chi connectivity index (χ0) is 38.7. The second kappa shape index (κ2) is 19.3. The number of hydrogen-bond donors (Lipinski definition) is 3. The van der Waals surface area contributed by atoms with Gasteiger partial charge in [0, 0.05) is 44.7 Å². The summed E-state index contributed by atoms with van der Waals surface area (Å²) >= 11 is 0. The lowest BCUT2D eigenvalue weighted by Crippen LogP contribution is -2.69. The Balaban J connectivity index is 1.71. The van der Waals surface area contributed by atoms with Gasteiger partial charge in [0.25, 0.3) is 0 Å². The number of methoxy groups -OCH3 is 1. The summed E-state index contributed by atoms with van der Waals surface area (Å²) in [5.41, 5.74) is 3.34. The van der Waals surface area contributed by atoms with Crippen molar-refractivity contribution in [2.45, 2.75) is 83.0 Å². The molecule has 0 saturated heterocycles. The maximum absolute atomic E-state index is 14.3. The van der Waals surface area contributed by atoms with Gasteiger partial charge < -0.3 is 44.2 Å². The summed E-state index contributed by atoms with van der Waals surface area (Å²) in [6, 6.07) is 12.3. The summed E-state index contributed by atoms with van der Waals surface area (Å²) in [6.07, 6.45) is 8.42. The van der Waals surface area contributed by atoms with E-state index in [1.165, 1.54) is 0 Å². The summed E-state index contributed by atoms with van der Waals surface area (Å²) in [5.74, 6) is -0.432. The number of carbonyl (C=O) groups is 2. The van der Waals surface area contributed by atoms with Crippen LogP contribution in [0.5, 0.6) is 17.2 Å². The van der Waals surface area contributed by atoms with Crippen molar-refractivity contribution >= 4 is 17.7 Å². The molecule has 12 nitrogen and oxygen atoms in total. The molecule has 2 aliphatic carbocycles. The number of rotatable bonds is 19. The highest BCUT2D eigenvalue weighted by atomic mass is 16.7. The Kier molecular flexibility index (Phi) is 14.6. The van der Waals surface area contributed by atoms with E-state index in [1.54, 1.807) is 31.2 Å². The van der Waals surface area contributed by atoms with Crippen molar-refractivity contribution in [3.63, 3.8) is 0 Å². The summed E-state index contributed by atoms with van der Waals surface area (Å²) in [7, 11) is 3.39. The van der Waals surface area contributed by atoms with Crippen LogP contribution in [0.4, 0.5) is 4.79 Å². The third-order valence-corrected chi connectivity index (χ3v) is 10.8. The first-order chi connectivity index (χ1) is 26.2. The standard InChI is InChI=1S/C42H57N3O9/c1-6-22-51-42-37(45(4)38(48)24-28-14-13-16-30(23-28)50-5)27-35(44-52-8-3)33-25-29(15-9-11-20-46)32(17-10-12-21-47)39(40(33)42)34-26-31(18-19-36(34)54-42)53-41(49)43-7-2/h6,13-14,16,18-19,23,25-26,29,32,37,39-40,46-47H,1,7-12,15,17,20-22,24,27H2,2-5H3,(H,43,49)/t29-,32+,37-,39+,40+,42+/m0/s1. The van der Waals surface area contributed by atoms with Crippen molar-refractivity contribution in [3.8, 4) is 17.2 Å². The minimum absolute atomic E-state index is 0.0444. The maximum atomic E-state index is 14.3. The topological polar surface area (TPSA) is 148 Å². The number of ether oxygens (including phenoxy) is 4. The van der Waals surface area contributed by atoms with Crippen LogP contribution in [0.15, 0.2) is 71.9 Å². The van der Waals surface area contributed by atoms with Crippen molar-refractivity contribution in [3.05, 3.63) is 77.9 Å². The van der Waals surface area contributed by atoms with Gasteiger partial charge in [-0.15, -0.1) is 6.58 Å². The highest BCUT2D eigenvalue weighted by Crippen LogP contribution is 2.61. The molecule has 0 bridgehead atoms. The van der Waals surface area contributed by atoms with Crippen LogP contribution in [0, 0.1) is 17.8 Å². The number of aliphatic hydroxyl groups excluding tert-OH is 2. The molecule has 0 radical (unpaired) electrons. The molecule has 3 N–H and O–H groups in total. The van der Waals surface area contributed by atoms with Gasteiger partial charge in [-0.05, 0) is 92.8 Å². The predicted molar refractivity (Wildman–Crippen MR) is 206 cm³/mol. The van der Waals surface area contributed by atoms with E-state index in [9.17, 15) is 19.8 Å². The third-order valence-electron chi connectivity index (χ3n) is 10.8. The molecule has 0 spiro atoms. The van der Waals surface area contributed by atoms with Gasteiger partial charge in [0.1, 0.15) is 29.9 Å². The van der Waals surface area contributed by atoms with Crippen LogP contribution in [0.1, 0.15) is 75.8 Å². The first-order valence-corrected chi connectivity index (χ1v) is 19.3. The highest BCUT2D eigenvalue weighted by molar-refractivity contribution is 6.03. The van der Waals surface area contributed by atoms with E-state index in [2.05, 4.69) is 18.0 Å². The van der Waals surface area contributed by atoms with E-state index in [0.29, 0.717) is 49.7 Å². The fourth-order valence-electron chi connectivity index (χ4n) is 8.48. The largest absolute Gasteiger partial charge is 0.497 e. The molecule has 2 aromatic carbocycles. The number of aliphatic hydroxyl groups is 2. The molecule has 1 saturated carbocycles. The molecule has 2 aromatic rings. The van der Waals surface area contributed by atoms with Crippen LogP contribution >= 0.6 is 0 Å². The van der Waals surface area contributed by atoms with E-state index in [0.717, 1.165) is 48.1 Å². The number of amides is 2. The van der Waals surface area contributed by atoms with Gasteiger partial charge in [-0.3, -0.25) is 4.79 Å². The quantitative estimate of drug-likeness (QED) is 0.0874. The first kappa shape index (κ1) is 40.8. The molecular formula is C42H57N3O9. The van der Waals surface area contributed by atoms with Crippen LogP contribution in [0.2, 0.25) is 0 Å². The van der Waals surface area contributed by atoms with Gasteiger partial charge in [-0.1, -0.05) is 42.3 Å². The molecule has 1 fully saturated rings. The van der Waals surface area contributed by atoms with Crippen LogP contribution in [0.25, 0.3) is 0 Å². The molecule has 54 heavy (non-hydrogen) atoms.